The molecule has 4 aliphatic rings. The van der Waals surface area contributed by atoms with Crippen molar-refractivity contribution in [3.05, 3.63) is 453 Å². The van der Waals surface area contributed by atoms with Gasteiger partial charge in [-0.3, -0.25) is 19.2 Å². The topological polar surface area (TPSA) is 81.2 Å². The first-order valence-corrected chi connectivity index (χ1v) is 33.8. The lowest BCUT2D eigenvalue weighted by molar-refractivity contribution is 0.0789. The second-order valence-electron chi connectivity index (χ2n) is 25.0. The minimum Gasteiger partial charge on any atom is -0.331 e. The van der Waals surface area contributed by atoms with Crippen molar-refractivity contribution in [3.63, 3.8) is 0 Å². The second kappa shape index (κ2) is 30.7. The highest BCUT2D eigenvalue weighted by molar-refractivity contribution is 6.02. The van der Waals surface area contributed by atoms with Gasteiger partial charge in [0.25, 0.3) is 23.6 Å². The van der Waals surface area contributed by atoms with Crippen molar-refractivity contribution in [2.24, 2.45) is 0 Å². The summed E-state index contributed by atoms with van der Waals surface area (Å²) in [6, 6.07) is 114. The van der Waals surface area contributed by atoms with E-state index in [0.717, 1.165) is 111 Å². The summed E-state index contributed by atoms with van der Waals surface area (Å²) in [7, 11) is 7.49. The average Bonchev–Trinajstić information content (AvgIpc) is 1.54. The summed E-state index contributed by atoms with van der Waals surface area (Å²) >= 11 is 0. The Morgan fingerprint density at radius 3 is 0.480 bits per heavy atom. The Hall–Kier alpha value is -12.5. The first-order valence-electron chi connectivity index (χ1n) is 33.8. The number of likely N-dealkylation sites (N-methyl/N-ethyl adjacent to an activating group) is 4. The fraction of sp³-hybridized carbons (Fsp3) is 0.0870. The molecule has 0 N–H and O–H groups in total. The lowest BCUT2D eigenvalue weighted by atomic mass is 9.94. The Morgan fingerprint density at radius 1 is 0.200 bits per heavy atom. The Balaban J connectivity index is 0.000000119. The summed E-state index contributed by atoms with van der Waals surface area (Å²) in [5, 5.41) is 0. The second-order valence-corrected chi connectivity index (χ2v) is 25.0. The molecule has 0 saturated carbocycles. The van der Waals surface area contributed by atoms with E-state index >= 15 is 0 Å². The molecule has 0 radical (unpaired) electrons. The van der Waals surface area contributed by atoms with E-state index in [2.05, 4.69) is 121 Å². The zero-order valence-electron chi connectivity index (χ0n) is 56.4. The lowest BCUT2D eigenvalue weighted by Crippen LogP contribution is -2.22. The number of carbonyl (C=O) groups excluding carboxylic acids is 4. The average molecular weight is 1300 g/mol. The number of nitrogens with zero attached hydrogens (tertiary/aromatic N) is 4. The maximum absolute atomic E-state index is 12.6. The van der Waals surface area contributed by atoms with Crippen molar-refractivity contribution in [3.8, 4) is 0 Å². The van der Waals surface area contributed by atoms with Gasteiger partial charge in [0.15, 0.2) is 0 Å². The Morgan fingerprint density at radius 2 is 0.330 bits per heavy atom. The van der Waals surface area contributed by atoms with Gasteiger partial charge in [-0.1, -0.05) is 315 Å². The molecule has 4 atom stereocenters. The number of hydrogen-bond acceptors (Lipinski definition) is 4. The summed E-state index contributed by atoms with van der Waals surface area (Å²) < 4.78 is 0. The van der Waals surface area contributed by atoms with Crippen LogP contribution in [0, 0.1) is 0 Å². The third kappa shape index (κ3) is 14.2. The van der Waals surface area contributed by atoms with Gasteiger partial charge < -0.3 is 19.6 Å². The van der Waals surface area contributed by atoms with Gasteiger partial charge in [-0.2, -0.15) is 0 Å². The van der Waals surface area contributed by atoms with Gasteiger partial charge in [-0.05, 0) is 138 Å². The zero-order chi connectivity index (χ0) is 68.9. The zero-order valence-corrected chi connectivity index (χ0v) is 56.4. The van der Waals surface area contributed by atoms with E-state index in [1.165, 1.54) is 0 Å². The number of amides is 4. The van der Waals surface area contributed by atoms with Gasteiger partial charge in [-0.15, -0.1) is 0 Å². The minimum atomic E-state index is -0.0564. The predicted molar refractivity (Wildman–Crippen MR) is 405 cm³/mol. The SMILES string of the molecule is CN1C(=O)c2ccccc2[C@@H]1C=C(c1ccccc1)c1ccccc1.CN1C(=O)c2ccccc2[C@@H]1C=C(c1ccccc1)c1ccccc1.CN1C(=O)c2ccccc2[C@H]1C=C(c1ccccc1)c1ccccc1.CN1C(=O)c2ccccc2[C@H]1C=C(c1ccccc1)c1ccccc1. The van der Waals surface area contributed by atoms with Gasteiger partial charge >= 0.3 is 0 Å². The molecule has 8 heteroatoms. The molecule has 0 aliphatic carbocycles. The highest BCUT2D eigenvalue weighted by Gasteiger charge is 2.36. The molecule has 0 unspecified atom stereocenters. The van der Waals surface area contributed by atoms with E-state index in [1.807, 2.05) is 290 Å². The van der Waals surface area contributed by atoms with Crippen molar-refractivity contribution in [2.75, 3.05) is 28.2 Å². The molecule has 12 aromatic rings. The monoisotopic (exact) mass is 1300 g/mol. The summed E-state index contributed by atoms with van der Waals surface area (Å²) in [4.78, 5) is 57.5. The molecule has 488 valence electrons. The van der Waals surface area contributed by atoms with E-state index < -0.39 is 0 Å². The quantitative estimate of drug-likeness (QED) is 0.122. The van der Waals surface area contributed by atoms with Crippen molar-refractivity contribution in [1.29, 1.82) is 0 Å². The summed E-state index contributed by atoms with van der Waals surface area (Å²) in [5.41, 5.74) is 21.2. The van der Waals surface area contributed by atoms with Gasteiger partial charge in [0.1, 0.15) is 0 Å². The highest BCUT2D eigenvalue weighted by Crippen LogP contribution is 2.42. The van der Waals surface area contributed by atoms with E-state index in [4.69, 9.17) is 0 Å². The summed E-state index contributed by atoms with van der Waals surface area (Å²) in [5.74, 6) is 0.323. The van der Waals surface area contributed by atoms with Crippen LogP contribution in [0.15, 0.2) is 364 Å². The first-order chi connectivity index (χ1) is 49.0. The summed E-state index contributed by atoms with van der Waals surface area (Å²) in [6.07, 6.45) is 8.81. The highest BCUT2D eigenvalue weighted by atomic mass is 16.2. The molecule has 0 fully saturated rings. The van der Waals surface area contributed by atoms with Gasteiger partial charge in [0.05, 0.1) is 24.2 Å². The van der Waals surface area contributed by atoms with Crippen LogP contribution < -0.4 is 0 Å². The van der Waals surface area contributed by atoms with Crippen molar-refractivity contribution >= 4 is 45.9 Å². The fourth-order valence-electron chi connectivity index (χ4n) is 13.7. The largest absolute Gasteiger partial charge is 0.331 e. The van der Waals surface area contributed by atoms with E-state index in [1.54, 1.807) is 0 Å². The van der Waals surface area contributed by atoms with Gasteiger partial charge in [0.2, 0.25) is 0 Å². The normalized spacial score (nSPS) is 15.8. The maximum Gasteiger partial charge on any atom is 0.254 e. The number of carbonyl (C=O) groups is 4. The van der Waals surface area contributed by atoms with Crippen molar-refractivity contribution < 1.29 is 19.2 Å². The van der Waals surface area contributed by atoms with Crippen LogP contribution >= 0.6 is 0 Å². The smallest absolute Gasteiger partial charge is 0.254 e. The van der Waals surface area contributed by atoms with Crippen LogP contribution in [0.3, 0.4) is 0 Å². The van der Waals surface area contributed by atoms with Crippen LogP contribution in [0.2, 0.25) is 0 Å². The minimum absolute atomic E-state index is 0.0564. The van der Waals surface area contributed by atoms with E-state index in [9.17, 15) is 19.2 Å². The molecule has 0 aromatic heterocycles. The molecular formula is C92H76N4O4. The molecule has 8 nitrogen and oxygen atoms in total. The number of hydrogen-bond donors (Lipinski definition) is 0. The van der Waals surface area contributed by atoms with Crippen molar-refractivity contribution in [1.82, 2.24) is 19.6 Å². The molecule has 0 bridgehead atoms. The molecule has 4 heterocycles. The van der Waals surface area contributed by atoms with Crippen LogP contribution in [0.1, 0.15) is 132 Å². The number of benzene rings is 12. The van der Waals surface area contributed by atoms with E-state index in [0.29, 0.717) is 0 Å². The number of rotatable bonds is 12. The van der Waals surface area contributed by atoms with Crippen molar-refractivity contribution in [2.45, 2.75) is 24.2 Å². The molecule has 0 saturated heterocycles. The fourth-order valence-corrected chi connectivity index (χ4v) is 13.7. The van der Waals surface area contributed by atoms with Gasteiger partial charge in [-0.25, -0.2) is 0 Å². The summed E-state index contributed by atoms with van der Waals surface area (Å²) in [6.45, 7) is 0. The third-order valence-electron chi connectivity index (χ3n) is 19.0. The van der Waals surface area contributed by atoms with Crippen LogP contribution in [0.5, 0.6) is 0 Å². The van der Waals surface area contributed by atoms with Crippen LogP contribution in [0.25, 0.3) is 22.3 Å². The molecular weight excluding hydrogens is 1230 g/mol. The molecule has 12 aromatic carbocycles. The lowest BCUT2D eigenvalue weighted by Gasteiger charge is -2.20. The van der Waals surface area contributed by atoms with Gasteiger partial charge in [0, 0.05) is 50.4 Å². The van der Waals surface area contributed by atoms with Crippen LogP contribution in [-0.2, 0) is 0 Å². The Bertz CT molecular complexity index is 4180. The van der Waals surface area contributed by atoms with Crippen LogP contribution in [0.4, 0.5) is 0 Å². The number of fused-ring (bicyclic) bond motifs is 4. The standard InChI is InChI=1S/4C23H19NO/c4*1-24-22(19-14-8-9-15-20(19)23(24)25)16-21(17-10-4-2-5-11-17)18-12-6-3-7-13-18/h4*2-16,22H,1H3/t4*22-/m1100/s1. The Kier molecular flexibility index (Phi) is 20.3. The molecule has 16 rings (SSSR count). The third-order valence-corrected chi connectivity index (χ3v) is 19.0. The molecule has 4 aliphatic heterocycles. The molecule has 4 amide bonds. The molecule has 100 heavy (non-hydrogen) atoms. The maximum atomic E-state index is 12.6. The van der Waals surface area contributed by atoms with E-state index in [-0.39, 0.29) is 47.8 Å². The predicted octanol–water partition coefficient (Wildman–Crippen LogP) is 19.8. The first kappa shape index (κ1) is 66.1. The molecule has 0 spiro atoms. The Labute approximate surface area is 586 Å². The van der Waals surface area contributed by atoms with Crippen LogP contribution in [-0.4, -0.2) is 71.4 Å².